The fourth-order valence-corrected chi connectivity index (χ4v) is 2.82. The molecule has 4 nitrogen and oxygen atoms in total. The number of hydrogen-bond donors (Lipinski definition) is 0. The zero-order chi connectivity index (χ0) is 20.8. The lowest BCUT2D eigenvalue weighted by Gasteiger charge is -2.35. The molecule has 0 saturated carbocycles. The first kappa shape index (κ1) is 22.9. The quantitative estimate of drug-likeness (QED) is 0.460. The second-order valence-corrected chi connectivity index (χ2v) is 6.20. The number of hydrogen-bond acceptors (Lipinski definition) is 4. The molecule has 0 bridgehead atoms. The first-order chi connectivity index (χ1) is 12.6. The highest BCUT2D eigenvalue weighted by Gasteiger charge is 2.64. The molecule has 0 N–H and O–H groups in total. The standard InChI is InChI=1S/C20H25F3O4/c1-6-13(3)17(14(4)16(24)7-2)27-18(25)19(26-5,20(21,22)23)15-11-9-8-10-12-15/h8-12,14,17H,3,6-7H2,1-2,4-5H3/t14-,17-,19?/m1/s1. The summed E-state index contributed by atoms with van der Waals surface area (Å²) in [5.41, 5.74) is -3.34. The van der Waals surface area contributed by atoms with Crippen LogP contribution in [-0.4, -0.2) is 31.1 Å². The number of halogens is 3. The van der Waals surface area contributed by atoms with Crippen molar-refractivity contribution in [3.8, 4) is 0 Å². The van der Waals surface area contributed by atoms with Crippen LogP contribution in [-0.2, 0) is 24.7 Å². The summed E-state index contributed by atoms with van der Waals surface area (Å²) >= 11 is 0. The maximum absolute atomic E-state index is 14.0. The van der Waals surface area contributed by atoms with Gasteiger partial charge in [0.15, 0.2) is 0 Å². The predicted octanol–water partition coefficient (Wildman–Crippen LogP) is 4.58. The molecule has 3 atom stereocenters. The monoisotopic (exact) mass is 386 g/mol. The highest BCUT2D eigenvalue weighted by atomic mass is 19.4. The van der Waals surface area contributed by atoms with Gasteiger partial charge in [0.2, 0.25) is 0 Å². The second kappa shape index (κ2) is 9.17. The summed E-state index contributed by atoms with van der Waals surface area (Å²) in [6.07, 6.45) is -5.73. The van der Waals surface area contributed by atoms with Crippen LogP contribution in [0.25, 0.3) is 0 Å². The molecule has 7 heteroatoms. The van der Waals surface area contributed by atoms with Gasteiger partial charge in [-0.25, -0.2) is 4.79 Å². The lowest BCUT2D eigenvalue weighted by atomic mass is 9.90. The third kappa shape index (κ3) is 4.58. The number of rotatable bonds is 9. The van der Waals surface area contributed by atoms with Gasteiger partial charge in [0.05, 0.1) is 5.92 Å². The summed E-state index contributed by atoms with van der Waals surface area (Å²) in [5, 5.41) is 0. The number of benzene rings is 1. The Balaban J connectivity index is 3.40. The highest BCUT2D eigenvalue weighted by molar-refractivity contribution is 5.85. The van der Waals surface area contributed by atoms with Gasteiger partial charge in [-0.15, -0.1) is 0 Å². The Morgan fingerprint density at radius 1 is 1.11 bits per heavy atom. The maximum Gasteiger partial charge on any atom is 0.432 e. The van der Waals surface area contributed by atoms with Crippen molar-refractivity contribution in [2.45, 2.75) is 51.5 Å². The molecule has 0 spiro atoms. The number of methoxy groups -OCH3 is 1. The van der Waals surface area contributed by atoms with E-state index < -0.39 is 35.3 Å². The van der Waals surface area contributed by atoms with E-state index in [0.29, 0.717) is 12.0 Å². The maximum atomic E-state index is 14.0. The van der Waals surface area contributed by atoms with Crippen molar-refractivity contribution in [2.75, 3.05) is 7.11 Å². The van der Waals surface area contributed by atoms with E-state index in [9.17, 15) is 22.8 Å². The minimum absolute atomic E-state index is 0.166. The van der Waals surface area contributed by atoms with Crippen molar-refractivity contribution in [1.29, 1.82) is 0 Å². The summed E-state index contributed by atoms with van der Waals surface area (Å²) in [6.45, 7) is 8.61. The number of ether oxygens (including phenoxy) is 2. The van der Waals surface area contributed by atoms with Gasteiger partial charge >= 0.3 is 12.1 Å². The molecule has 1 rings (SSSR count). The lowest BCUT2D eigenvalue weighted by Crippen LogP contribution is -2.53. The van der Waals surface area contributed by atoms with Gasteiger partial charge in [-0.2, -0.15) is 13.2 Å². The summed E-state index contributed by atoms with van der Waals surface area (Å²) in [5.74, 6) is -2.68. The Bertz CT molecular complexity index is 670. The minimum Gasteiger partial charge on any atom is -0.454 e. The van der Waals surface area contributed by atoms with Crippen LogP contribution in [0.1, 0.15) is 39.2 Å². The van der Waals surface area contributed by atoms with Crippen molar-refractivity contribution < 1.29 is 32.2 Å². The minimum atomic E-state index is -5.07. The number of alkyl halides is 3. The SMILES string of the molecule is C=C(CC)[C@@H](OC(=O)C(OC)(c1ccccc1)C(F)(F)F)[C@H](C)C(=O)CC. The van der Waals surface area contributed by atoms with Gasteiger partial charge in [0.25, 0.3) is 5.60 Å². The summed E-state index contributed by atoms with van der Waals surface area (Å²) in [7, 11) is 0.798. The van der Waals surface area contributed by atoms with Crippen LogP contribution < -0.4 is 0 Å². The summed E-state index contributed by atoms with van der Waals surface area (Å²) < 4.78 is 51.8. The van der Waals surface area contributed by atoms with Gasteiger partial charge in [0, 0.05) is 19.1 Å². The summed E-state index contributed by atoms with van der Waals surface area (Å²) in [6, 6.07) is 6.54. The van der Waals surface area contributed by atoms with E-state index in [0.717, 1.165) is 19.2 Å². The van der Waals surface area contributed by atoms with E-state index in [-0.39, 0.29) is 12.2 Å². The van der Waals surface area contributed by atoms with E-state index >= 15 is 0 Å². The molecule has 0 fully saturated rings. The van der Waals surface area contributed by atoms with E-state index in [1.165, 1.54) is 25.1 Å². The third-order valence-corrected chi connectivity index (χ3v) is 4.57. The topological polar surface area (TPSA) is 52.6 Å². The predicted molar refractivity (Wildman–Crippen MR) is 95.0 cm³/mol. The van der Waals surface area contributed by atoms with Crippen LogP contribution in [0.4, 0.5) is 13.2 Å². The zero-order valence-electron chi connectivity index (χ0n) is 15.9. The zero-order valence-corrected chi connectivity index (χ0v) is 15.9. The molecule has 27 heavy (non-hydrogen) atoms. The fraction of sp³-hybridized carbons (Fsp3) is 0.500. The normalized spacial score (nSPS) is 16.1. The summed E-state index contributed by atoms with van der Waals surface area (Å²) in [4.78, 5) is 24.8. The first-order valence-corrected chi connectivity index (χ1v) is 8.65. The van der Waals surface area contributed by atoms with Gasteiger partial charge < -0.3 is 9.47 Å². The Hall–Kier alpha value is -2.15. The lowest BCUT2D eigenvalue weighted by molar-refractivity contribution is -0.278. The third-order valence-electron chi connectivity index (χ3n) is 4.57. The number of carbonyl (C=O) groups excluding carboxylic acids is 2. The van der Waals surface area contributed by atoms with Crippen molar-refractivity contribution in [3.05, 3.63) is 48.0 Å². The van der Waals surface area contributed by atoms with E-state index in [4.69, 9.17) is 9.47 Å². The van der Waals surface area contributed by atoms with E-state index in [1.807, 2.05) is 0 Å². The van der Waals surface area contributed by atoms with Crippen LogP contribution in [0.2, 0.25) is 0 Å². The van der Waals surface area contributed by atoms with E-state index in [2.05, 4.69) is 6.58 Å². The molecule has 0 amide bonds. The number of ketones is 1. The molecule has 0 aliphatic carbocycles. The van der Waals surface area contributed by atoms with Gasteiger partial charge in [-0.1, -0.05) is 57.7 Å². The highest BCUT2D eigenvalue weighted by Crippen LogP contribution is 2.43. The van der Waals surface area contributed by atoms with Gasteiger partial charge in [-0.05, 0) is 12.0 Å². The van der Waals surface area contributed by atoms with Crippen LogP contribution in [0, 0.1) is 5.92 Å². The van der Waals surface area contributed by atoms with Gasteiger partial charge in [0.1, 0.15) is 11.9 Å². The fourth-order valence-electron chi connectivity index (χ4n) is 2.82. The molecule has 1 aromatic rings. The second-order valence-electron chi connectivity index (χ2n) is 6.20. The molecule has 0 aliphatic rings. The van der Waals surface area contributed by atoms with Crippen molar-refractivity contribution in [1.82, 2.24) is 0 Å². The largest absolute Gasteiger partial charge is 0.454 e. The van der Waals surface area contributed by atoms with Crippen LogP contribution in [0.15, 0.2) is 42.5 Å². The Morgan fingerprint density at radius 3 is 2.07 bits per heavy atom. The van der Waals surface area contributed by atoms with E-state index in [1.54, 1.807) is 13.8 Å². The van der Waals surface area contributed by atoms with Crippen molar-refractivity contribution in [2.24, 2.45) is 5.92 Å². The van der Waals surface area contributed by atoms with Crippen LogP contribution >= 0.6 is 0 Å². The Labute approximate surface area is 157 Å². The smallest absolute Gasteiger partial charge is 0.432 e. The molecule has 0 saturated heterocycles. The Kier molecular flexibility index (Phi) is 7.77. The molecule has 150 valence electrons. The molecule has 0 aromatic heterocycles. The number of Topliss-reactive ketones (excluding diaryl/α,β-unsaturated/α-hetero) is 1. The van der Waals surface area contributed by atoms with Crippen molar-refractivity contribution >= 4 is 11.8 Å². The molecular formula is C20H25F3O4. The first-order valence-electron chi connectivity index (χ1n) is 8.65. The van der Waals surface area contributed by atoms with Crippen molar-refractivity contribution in [3.63, 3.8) is 0 Å². The number of esters is 1. The molecule has 0 aliphatic heterocycles. The molecule has 1 aromatic carbocycles. The van der Waals surface area contributed by atoms with Crippen LogP contribution in [0.5, 0.6) is 0 Å². The van der Waals surface area contributed by atoms with Gasteiger partial charge in [-0.3, -0.25) is 4.79 Å². The molecule has 0 heterocycles. The van der Waals surface area contributed by atoms with Crippen LogP contribution in [0.3, 0.4) is 0 Å². The average Bonchev–Trinajstić information content (AvgIpc) is 2.64. The number of carbonyl (C=O) groups is 2. The molecular weight excluding hydrogens is 361 g/mol. The Morgan fingerprint density at radius 2 is 1.67 bits per heavy atom. The molecule has 1 unspecified atom stereocenters. The molecule has 0 radical (unpaired) electrons. The average molecular weight is 386 g/mol.